The normalized spacial score (nSPS) is 12.7. The van der Waals surface area contributed by atoms with E-state index < -0.39 is 0 Å². The van der Waals surface area contributed by atoms with Gasteiger partial charge in [-0.2, -0.15) is 0 Å². The maximum atomic E-state index is 12.7. The molecule has 27 heavy (non-hydrogen) atoms. The van der Waals surface area contributed by atoms with E-state index in [1.54, 1.807) is 29.2 Å². The van der Waals surface area contributed by atoms with Gasteiger partial charge in [-0.05, 0) is 61.7 Å². The van der Waals surface area contributed by atoms with Crippen LogP contribution in [0.25, 0.3) is 0 Å². The van der Waals surface area contributed by atoms with E-state index in [1.165, 1.54) is 0 Å². The van der Waals surface area contributed by atoms with Crippen LogP contribution in [-0.2, 0) is 11.2 Å². The molecule has 2 N–H and O–H groups in total. The molecule has 0 bridgehead atoms. The number of halogens is 1. The van der Waals surface area contributed by atoms with Crippen LogP contribution in [0.3, 0.4) is 0 Å². The Morgan fingerprint density at radius 2 is 1.85 bits per heavy atom. The summed E-state index contributed by atoms with van der Waals surface area (Å²) in [6, 6.07) is 12.7. The number of nitrogens with zero attached hydrogens (tertiary/aromatic N) is 1. The highest BCUT2D eigenvalue weighted by atomic mass is 35.5. The average Bonchev–Trinajstić information content (AvgIpc) is 2.66. The highest BCUT2D eigenvalue weighted by Crippen LogP contribution is 2.31. The number of Topliss-reactive ketones (excluding diaryl/α,β-unsaturated/α-hetero) is 1. The van der Waals surface area contributed by atoms with E-state index in [-0.39, 0.29) is 36.9 Å². The van der Waals surface area contributed by atoms with E-state index in [1.807, 2.05) is 25.1 Å². The first-order valence-corrected chi connectivity index (χ1v) is 9.04. The summed E-state index contributed by atoms with van der Waals surface area (Å²) in [6.07, 6.45) is 2.16. The minimum atomic E-state index is -0.0359. The van der Waals surface area contributed by atoms with Gasteiger partial charge < -0.3 is 15.4 Å². The van der Waals surface area contributed by atoms with Gasteiger partial charge in [0.1, 0.15) is 5.75 Å². The molecule has 0 atom stereocenters. The second kappa shape index (κ2) is 9.42. The van der Waals surface area contributed by atoms with Gasteiger partial charge in [0.25, 0.3) is 0 Å². The van der Waals surface area contributed by atoms with Crippen LogP contribution < -0.4 is 15.4 Å². The van der Waals surface area contributed by atoms with Crippen molar-refractivity contribution in [1.82, 2.24) is 0 Å². The minimum absolute atomic E-state index is 0. The fraction of sp³-hybridized carbons (Fsp3) is 0.333. The molecule has 6 heteroatoms. The van der Waals surface area contributed by atoms with Gasteiger partial charge in [-0.15, -0.1) is 12.4 Å². The Morgan fingerprint density at radius 3 is 2.56 bits per heavy atom. The summed E-state index contributed by atoms with van der Waals surface area (Å²) < 4.78 is 5.38. The minimum Gasteiger partial charge on any atom is -0.494 e. The second-order valence-corrected chi connectivity index (χ2v) is 6.37. The van der Waals surface area contributed by atoms with Gasteiger partial charge in [0.05, 0.1) is 6.61 Å². The first kappa shape index (κ1) is 20.8. The molecule has 0 saturated heterocycles. The van der Waals surface area contributed by atoms with Crippen LogP contribution in [0.5, 0.6) is 5.75 Å². The second-order valence-electron chi connectivity index (χ2n) is 6.37. The summed E-state index contributed by atoms with van der Waals surface area (Å²) in [5.41, 5.74) is 9.28. The molecule has 144 valence electrons. The Bertz CT molecular complexity index is 806. The Hall–Kier alpha value is -2.53. The predicted molar refractivity (Wildman–Crippen MR) is 110 cm³/mol. The lowest BCUT2D eigenvalue weighted by Crippen LogP contribution is -2.35. The molecule has 1 aliphatic heterocycles. The third-order valence-electron chi connectivity index (χ3n) is 4.64. The van der Waals surface area contributed by atoms with Crippen molar-refractivity contribution >= 4 is 35.5 Å². The number of amides is 1. The molecule has 1 heterocycles. The zero-order valence-corrected chi connectivity index (χ0v) is 16.3. The molecule has 2 aromatic rings. The van der Waals surface area contributed by atoms with Crippen LogP contribution in [-0.4, -0.2) is 24.8 Å². The number of carbonyl (C=O) groups excluding carboxylic acids is 2. The van der Waals surface area contributed by atoms with Crippen LogP contribution in [0.2, 0.25) is 0 Å². The molecule has 0 aromatic heterocycles. The van der Waals surface area contributed by atoms with E-state index in [0.29, 0.717) is 18.7 Å². The van der Waals surface area contributed by atoms with Crippen molar-refractivity contribution in [3.05, 3.63) is 53.6 Å². The van der Waals surface area contributed by atoms with Crippen LogP contribution in [0, 0.1) is 0 Å². The van der Waals surface area contributed by atoms with Gasteiger partial charge in [-0.1, -0.05) is 6.07 Å². The number of nitrogen functional groups attached to an aromatic ring is 1. The molecule has 0 radical (unpaired) electrons. The first-order chi connectivity index (χ1) is 12.6. The third kappa shape index (κ3) is 4.80. The fourth-order valence-electron chi connectivity index (χ4n) is 3.31. The summed E-state index contributed by atoms with van der Waals surface area (Å²) >= 11 is 0. The SMILES string of the molecule is CCOc1ccc(C(=O)CCC(=O)N2CCCc3c(N)cccc32)cc1.Cl. The Labute approximate surface area is 165 Å². The van der Waals surface area contributed by atoms with Crippen LogP contribution >= 0.6 is 12.4 Å². The van der Waals surface area contributed by atoms with Crippen molar-refractivity contribution in [1.29, 1.82) is 0 Å². The number of anilines is 2. The lowest BCUT2D eigenvalue weighted by molar-refractivity contribution is -0.118. The number of rotatable bonds is 6. The Balaban J connectivity index is 0.00000261. The summed E-state index contributed by atoms with van der Waals surface area (Å²) in [5.74, 6) is 0.671. The number of benzene rings is 2. The highest BCUT2D eigenvalue weighted by Gasteiger charge is 2.24. The van der Waals surface area contributed by atoms with E-state index >= 15 is 0 Å². The maximum absolute atomic E-state index is 12.7. The number of hydrogen-bond acceptors (Lipinski definition) is 4. The summed E-state index contributed by atoms with van der Waals surface area (Å²) in [6.45, 7) is 3.17. The molecule has 5 nitrogen and oxygen atoms in total. The molecule has 3 rings (SSSR count). The largest absolute Gasteiger partial charge is 0.494 e. The van der Waals surface area contributed by atoms with E-state index in [0.717, 1.165) is 35.5 Å². The first-order valence-electron chi connectivity index (χ1n) is 9.04. The van der Waals surface area contributed by atoms with Crippen molar-refractivity contribution in [2.45, 2.75) is 32.6 Å². The lowest BCUT2D eigenvalue weighted by Gasteiger charge is -2.30. The third-order valence-corrected chi connectivity index (χ3v) is 4.64. The standard InChI is InChI=1S/C21H24N2O3.ClH/c1-2-26-16-10-8-15(9-11-16)20(24)12-13-21(25)23-14-4-5-17-18(22)6-3-7-19(17)23;/h3,6-11H,2,4-5,12-14,22H2,1H3;1H. The molecule has 0 fully saturated rings. The Morgan fingerprint density at radius 1 is 1.11 bits per heavy atom. The highest BCUT2D eigenvalue weighted by molar-refractivity contribution is 6.01. The maximum Gasteiger partial charge on any atom is 0.227 e. The van der Waals surface area contributed by atoms with Crippen molar-refractivity contribution in [3.8, 4) is 5.75 Å². The van der Waals surface area contributed by atoms with Gasteiger partial charge >= 0.3 is 0 Å². The summed E-state index contributed by atoms with van der Waals surface area (Å²) in [5, 5.41) is 0. The number of fused-ring (bicyclic) bond motifs is 1. The quantitative estimate of drug-likeness (QED) is 0.599. The Kier molecular flexibility index (Phi) is 7.25. The van der Waals surface area contributed by atoms with Gasteiger partial charge in [-0.25, -0.2) is 0 Å². The number of hydrogen-bond donors (Lipinski definition) is 1. The molecular formula is C21H25ClN2O3. The van der Waals surface area contributed by atoms with E-state index in [4.69, 9.17) is 10.5 Å². The van der Waals surface area contributed by atoms with Crippen LogP contribution in [0.4, 0.5) is 11.4 Å². The van der Waals surface area contributed by atoms with Gasteiger partial charge in [0.15, 0.2) is 5.78 Å². The zero-order valence-electron chi connectivity index (χ0n) is 15.4. The number of nitrogens with two attached hydrogens (primary N) is 1. The molecule has 0 aliphatic carbocycles. The molecule has 2 aromatic carbocycles. The van der Waals surface area contributed by atoms with E-state index in [9.17, 15) is 9.59 Å². The summed E-state index contributed by atoms with van der Waals surface area (Å²) in [4.78, 5) is 26.8. The van der Waals surface area contributed by atoms with Crippen molar-refractivity contribution in [3.63, 3.8) is 0 Å². The number of ketones is 1. The fourth-order valence-corrected chi connectivity index (χ4v) is 3.31. The van der Waals surface area contributed by atoms with Gasteiger partial charge in [0.2, 0.25) is 5.91 Å². The lowest BCUT2D eigenvalue weighted by atomic mass is 9.99. The van der Waals surface area contributed by atoms with Crippen molar-refractivity contribution in [2.24, 2.45) is 0 Å². The van der Waals surface area contributed by atoms with Gasteiger partial charge in [0, 0.05) is 36.3 Å². The zero-order chi connectivity index (χ0) is 18.5. The number of carbonyl (C=O) groups is 2. The van der Waals surface area contributed by atoms with Crippen molar-refractivity contribution in [2.75, 3.05) is 23.8 Å². The van der Waals surface area contributed by atoms with Crippen molar-refractivity contribution < 1.29 is 14.3 Å². The molecule has 0 spiro atoms. The molecular weight excluding hydrogens is 364 g/mol. The predicted octanol–water partition coefficient (Wildman–Crippen LogP) is 4.03. The molecule has 1 aliphatic rings. The average molecular weight is 389 g/mol. The van der Waals surface area contributed by atoms with E-state index in [2.05, 4.69) is 0 Å². The molecule has 1 amide bonds. The van der Waals surface area contributed by atoms with Gasteiger partial charge in [-0.3, -0.25) is 9.59 Å². The van der Waals surface area contributed by atoms with Crippen LogP contribution in [0.1, 0.15) is 42.1 Å². The van der Waals surface area contributed by atoms with Crippen LogP contribution in [0.15, 0.2) is 42.5 Å². The molecule has 0 unspecified atom stereocenters. The summed E-state index contributed by atoms with van der Waals surface area (Å²) in [7, 11) is 0. The number of ether oxygens (including phenoxy) is 1. The molecule has 0 saturated carbocycles. The topological polar surface area (TPSA) is 72.6 Å². The monoisotopic (exact) mass is 388 g/mol. The smallest absolute Gasteiger partial charge is 0.227 e.